The van der Waals surface area contributed by atoms with Crippen LogP contribution in [0, 0.1) is 6.92 Å². The minimum absolute atomic E-state index is 1.08. The van der Waals surface area contributed by atoms with Crippen molar-refractivity contribution in [2.75, 3.05) is 0 Å². The lowest BCUT2D eigenvalue weighted by Gasteiger charge is -2.06. The first kappa shape index (κ1) is 11.1. The molecule has 0 saturated carbocycles. The van der Waals surface area contributed by atoms with Crippen LogP contribution in [0.1, 0.15) is 24.4 Å². The average molecular weight is 229 g/mol. The number of nitrogens with zero attached hydrogens (tertiary/aromatic N) is 1. The van der Waals surface area contributed by atoms with Gasteiger partial charge in [-0.15, -0.1) is 11.3 Å². The lowest BCUT2D eigenvalue weighted by Crippen LogP contribution is -1.85. The molecule has 0 amide bonds. The summed E-state index contributed by atoms with van der Waals surface area (Å²) in [5.74, 6) is 0. The first-order valence-corrected chi connectivity index (χ1v) is 6.13. The molecule has 0 N–H and O–H groups in total. The van der Waals surface area contributed by atoms with Crippen molar-refractivity contribution < 1.29 is 0 Å². The van der Waals surface area contributed by atoms with E-state index in [-0.39, 0.29) is 0 Å². The summed E-state index contributed by atoms with van der Waals surface area (Å²) in [4.78, 5) is 4.51. The Morgan fingerprint density at radius 3 is 2.81 bits per heavy atom. The Labute approximate surface area is 100 Å². The molecule has 0 fully saturated rings. The minimum atomic E-state index is 1.08. The summed E-state index contributed by atoms with van der Waals surface area (Å²) in [6.07, 6.45) is 2.10. The molecule has 0 saturated heterocycles. The molecule has 0 aliphatic rings. The molecule has 1 nitrogen and oxygen atoms in total. The van der Waals surface area contributed by atoms with Gasteiger partial charge in [0.05, 0.1) is 15.2 Å². The fourth-order valence-corrected chi connectivity index (χ4v) is 2.68. The molecular formula is C14H15NS. The lowest BCUT2D eigenvalue weighted by atomic mass is 10.00. The fraction of sp³-hybridized carbons (Fsp3) is 0.214. The van der Waals surface area contributed by atoms with Gasteiger partial charge in [-0.3, -0.25) is 0 Å². The average Bonchev–Trinajstić information content (AvgIpc) is 2.57. The van der Waals surface area contributed by atoms with Gasteiger partial charge in [-0.1, -0.05) is 24.3 Å². The molecule has 0 radical (unpaired) electrons. The van der Waals surface area contributed by atoms with Crippen molar-refractivity contribution in [2.24, 2.45) is 0 Å². The van der Waals surface area contributed by atoms with E-state index < -0.39 is 0 Å². The third-order valence-electron chi connectivity index (χ3n) is 2.55. The largest absolute Gasteiger partial charge is 0.241 e. The molecule has 2 heteroatoms. The Balaban J connectivity index is 2.58. The fourth-order valence-electron chi connectivity index (χ4n) is 1.87. The van der Waals surface area contributed by atoms with E-state index in [1.165, 1.54) is 15.8 Å². The summed E-state index contributed by atoms with van der Waals surface area (Å²) in [6.45, 7) is 10.1. The van der Waals surface area contributed by atoms with Gasteiger partial charge in [0, 0.05) is 0 Å². The zero-order valence-electron chi connectivity index (χ0n) is 9.87. The second-order valence-corrected chi connectivity index (χ2v) is 5.13. The van der Waals surface area contributed by atoms with Gasteiger partial charge < -0.3 is 0 Å². The van der Waals surface area contributed by atoms with Crippen molar-refractivity contribution in [1.82, 2.24) is 4.98 Å². The van der Waals surface area contributed by atoms with Crippen molar-refractivity contribution in [2.45, 2.75) is 20.8 Å². The topological polar surface area (TPSA) is 12.9 Å². The third kappa shape index (κ3) is 1.93. The van der Waals surface area contributed by atoms with Gasteiger partial charge in [-0.25, -0.2) is 4.98 Å². The van der Waals surface area contributed by atoms with Crippen LogP contribution in [0.25, 0.3) is 15.8 Å². The Bertz CT molecular complexity index is 575. The van der Waals surface area contributed by atoms with Crippen molar-refractivity contribution >= 4 is 27.1 Å². The van der Waals surface area contributed by atoms with Crippen LogP contribution in [0.5, 0.6) is 0 Å². The third-order valence-corrected chi connectivity index (χ3v) is 3.51. The molecule has 0 aliphatic heterocycles. The molecule has 0 atom stereocenters. The number of aryl methyl sites for hydroxylation is 1. The van der Waals surface area contributed by atoms with Crippen LogP contribution in [0.2, 0.25) is 0 Å². The summed E-state index contributed by atoms with van der Waals surface area (Å²) in [5, 5.41) is 1.12. The Morgan fingerprint density at radius 1 is 1.44 bits per heavy atom. The van der Waals surface area contributed by atoms with Crippen molar-refractivity contribution in [3.05, 3.63) is 47.0 Å². The SMILES string of the molecule is C=C(C)/C(=C\C)c1ccc2sc(C)nc2c1. The Hall–Kier alpha value is -1.41. The smallest absolute Gasteiger partial charge is 0.0907 e. The maximum Gasteiger partial charge on any atom is 0.0907 e. The van der Waals surface area contributed by atoms with E-state index in [9.17, 15) is 0 Å². The molecule has 1 heterocycles. The molecular weight excluding hydrogens is 214 g/mol. The first-order chi connectivity index (χ1) is 7.61. The number of fused-ring (bicyclic) bond motifs is 1. The standard InChI is InChI=1S/C14H15NS/c1-5-12(9(2)3)11-6-7-14-13(8-11)15-10(4)16-14/h5-8H,2H2,1,3-4H3/b12-5+. The van der Waals surface area contributed by atoms with Crippen LogP contribution < -0.4 is 0 Å². The highest BCUT2D eigenvalue weighted by molar-refractivity contribution is 7.18. The number of hydrogen-bond donors (Lipinski definition) is 0. The summed E-state index contributed by atoms with van der Waals surface area (Å²) in [7, 11) is 0. The predicted octanol–water partition coefficient (Wildman–Crippen LogP) is 4.58. The predicted molar refractivity (Wildman–Crippen MR) is 72.8 cm³/mol. The molecule has 82 valence electrons. The monoisotopic (exact) mass is 229 g/mol. The second kappa shape index (κ2) is 4.22. The van der Waals surface area contributed by atoms with E-state index in [4.69, 9.17) is 0 Å². The van der Waals surface area contributed by atoms with Crippen LogP contribution in [0.4, 0.5) is 0 Å². The normalized spacial score (nSPS) is 12.1. The van der Waals surface area contributed by atoms with Crippen LogP contribution in [-0.2, 0) is 0 Å². The van der Waals surface area contributed by atoms with Gasteiger partial charge in [-0.05, 0) is 44.0 Å². The van der Waals surface area contributed by atoms with Gasteiger partial charge in [-0.2, -0.15) is 0 Å². The van der Waals surface area contributed by atoms with Gasteiger partial charge in [0.15, 0.2) is 0 Å². The van der Waals surface area contributed by atoms with Crippen molar-refractivity contribution in [1.29, 1.82) is 0 Å². The van der Waals surface area contributed by atoms with E-state index in [1.807, 2.05) is 20.8 Å². The summed E-state index contributed by atoms with van der Waals surface area (Å²) < 4.78 is 1.25. The second-order valence-electron chi connectivity index (χ2n) is 3.90. The van der Waals surface area contributed by atoms with Gasteiger partial charge >= 0.3 is 0 Å². The molecule has 0 aliphatic carbocycles. The maximum atomic E-state index is 4.51. The molecule has 1 aromatic heterocycles. The quantitative estimate of drug-likeness (QED) is 0.687. The zero-order chi connectivity index (χ0) is 11.7. The maximum absolute atomic E-state index is 4.51. The minimum Gasteiger partial charge on any atom is -0.241 e. The number of thiazole rings is 1. The van der Waals surface area contributed by atoms with E-state index in [0.717, 1.165) is 16.1 Å². The molecule has 0 bridgehead atoms. The highest BCUT2D eigenvalue weighted by Crippen LogP contribution is 2.27. The highest BCUT2D eigenvalue weighted by atomic mass is 32.1. The summed E-state index contributed by atoms with van der Waals surface area (Å²) >= 11 is 1.74. The highest BCUT2D eigenvalue weighted by Gasteiger charge is 2.05. The summed E-state index contributed by atoms with van der Waals surface area (Å²) in [6, 6.07) is 6.43. The summed E-state index contributed by atoms with van der Waals surface area (Å²) in [5.41, 5.74) is 4.58. The van der Waals surface area contributed by atoms with Crippen molar-refractivity contribution in [3.8, 4) is 0 Å². The molecule has 16 heavy (non-hydrogen) atoms. The van der Waals surface area contributed by atoms with Crippen LogP contribution in [0.3, 0.4) is 0 Å². The zero-order valence-corrected chi connectivity index (χ0v) is 10.7. The van der Waals surface area contributed by atoms with E-state index >= 15 is 0 Å². The van der Waals surface area contributed by atoms with E-state index in [1.54, 1.807) is 11.3 Å². The molecule has 0 unspecified atom stereocenters. The van der Waals surface area contributed by atoms with Crippen molar-refractivity contribution in [3.63, 3.8) is 0 Å². The van der Waals surface area contributed by atoms with Crippen LogP contribution in [0.15, 0.2) is 36.4 Å². The number of allylic oxidation sites excluding steroid dienone is 3. The van der Waals surface area contributed by atoms with E-state index in [2.05, 4.69) is 35.8 Å². The Kier molecular flexibility index (Phi) is 2.92. The number of aromatic nitrogens is 1. The number of hydrogen-bond acceptors (Lipinski definition) is 2. The molecule has 1 aromatic carbocycles. The van der Waals surface area contributed by atoms with Gasteiger partial charge in [0.25, 0.3) is 0 Å². The van der Waals surface area contributed by atoms with Crippen LogP contribution in [-0.4, -0.2) is 4.98 Å². The number of benzene rings is 1. The van der Waals surface area contributed by atoms with Gasteiger partial charge in [0.2, 0.25) is 0 Å². The lowest BCUT2D eigenvalue weighted by molar-refractivity contribution is 1.34. The van der Waals surface area contributed by atoms with Crippen LogP contribution >= 0.6 is 11.3 Å². The van der Waals surface area contributed by atoms with Gasteiger partial charge in [0.1, 0.15) is 0 Å². The molecule has 0 spiro atoms. The first-order valence-electron chi connectivity index (χ1n) is 5.31. The molecule has 2 aromatic rings. The van der Waals surface area contributed by atoms with E-state index in [0.29, 0.717) is 0 Å². The Morgan fingerprint density at radius 2 is 2.19 bits per heavy atom. The number of rotatable bonds is 2. The molecule has 2 rings (SSSR count).